The second-order valence-corrected chi connectivity index (χ2v) is 8.25. The number of benzene rings is 1. The molecule has 2 saturated heterocycles. The molecule has 0 radical (unpaired) electrons. The summed E-state index contributed by atoms with van der Waals surface area (Å²) >= 11 is 7.16. The topological polar surface area (TPSA) is 57.0 Å². The van der Waals surface area contributed by atoms with E-state index in [1.54, 1.807) is 18.2 Å². The van der Waals surface area contributed by atoms with E-state index in [9.17, 15) is 9.59 Å². The molecule has 0 N–H and O–H groups in total. The SMILES string of the molecule is CN1CCN(CN2C(=O)S/C(=C/c3ccc(-c4ccccc4Cl)o3)C2=O)CC1. The van der Waals surface area contributed by atoms with Gasteiger partial charge >= 0.3 is 0 Å². The lowest BCUT2D eigenvalue weighted by Crippen LogP contribution is -2.49. The summed E-state index contributed by atoms with van der Waals surface area (Å²) in [6.07, 6.45) is 1.62. The van der Waals surface area contributed by atoms with Gasteiger partial charge in [-0.1, -0.05) is 23.7 Å². The van der Waals surface area contributed by atoms with Gasteiger partial charge in [-0.25, -0.2) is 0 Å². The van der Waals surface area contributed by atoms with Crippen LogP contribution in [0, 0.1) is 0 Å². The number of piperazine rings is 1. The van der Waals surface area contributed by atoms with Crippen molar-refractivity contribution in [2.75, 3.05) is 39.9 Å². The van der Waals surface area contributed by atoms with Crippen molar-refractivity contribution in [1.82, 2.24) is 14.7 Å². The van der Waals surface area contributed by atoms with Crippen molar-refractivity contribution < 1.29 is 14.0 Å². The molecule has 28 heavy (non-hydrogen) atoms. The average Bonchev–Trinajstić information content (AvgIpc) is 3.24. The molecule has 6 nitrogen and oxygen atoms in total. The Morgan fingerprint density at radius 2 is 1.86 bits per heavy atom. The first-order valence-electron chi connectivity index (χ1n) is 9.02. The molecule has 1 aromatic heterocycles. The van der Waals surface area contributed by atoms with Gasteiger partial charge < -0.3 is 9.32 Å². The van der Waals surface area contributed by atoms with E-state index in [1.165, 1.54) is 4.90 Å². The van der Waals surface area contributed by atoms with Crippen LogP contribution in [0.1, 0.15) is 5.76 Å². The lowest BCUT2D eigenvalue weighted by molar-refractivity contribution is -0.124. The Bertz CT molecular complexity index is 934. The van der Waals surface area contributed by atoms with Crippen LogP contribution in [0.5, 0.6) is 0 Å². The van der Waals surface area contributed by atoms with E-state index in [2.05, 4.69) is 16.8 Å². The molecule has 0 saturated carbocycles. The molecule has 2 aliphatic heterocycles. The van der Waals surface area contributed by atoms with Gasteiger partial charge in [-0.15, -0.1) is 0 Å². The molecule has 4 rings (SSSR count). The van der Waals surface area contributed by atoms with Crippen molar-refractivity contribution in [3.8, 4) is 11.3 Å². The fourth-order valence-electron chi connectivity index (χ4n) is 3.18. The Hall–Kier alpha value is -2.06. The summed E-state index contributed by atoms with van der Waals surface area (Å²) in [6, 6.07) is 11.0. The first-order valence-corrected chi connectivity index (χ1v) is 10.2. The van der Waals surface area contributed by atoms with Crippen LogP contribution in [0.15, 0.2) is 45.7 Å². The number of amides is 2. The third-order valence-electron chi connectivity index (χ3n) is 4.85. The van der Waals surface area contributed by atoms with E-state index in [1.807, 2.05) is 24.3 Å². The molecule has 0 atom stereocenters. The molecule has 8 heteroatoms. The van der Waals surface area contributed by atoms with Gasteiger partial charge in [0.2, 0.25) is 0 Å². The van der Waals surface area contributed by atoms with E-state index in [4.69, 9.17) is 16.0 Å². The molecule has 0 spiro atoms. The third kappa shape index (κ3) is 4.03. The molecule has 3 heterocycles. The van der Waals surface area contributed by atoms with Crippen LogP contribution in [-0.2, 0) is 4.79 Å². The van der Waals surface area contributed by atoms with Crippen LogP contribution in [0.3, 0.4) is 0 Å². The Morgan fingerprint density at radius 1 is 1.11 bits per heavy atom. The maximum atomic E-state index is 12.7. The summed E-state index contributed by atoms with van der Waals surface area (Å²) in [6.45, 7) is 3.89. The van der Waals surface area contributed by atoms with Crippen LogP contribution in [0.4, 0.5) is 4.79 Å². The highest BCUT2D eigenvalue weighted by Crippen LogP contribution is 2.34. The minimum atomic E-state index is -0.273. The quantitative estimate of drug-likeness (QED) is 0.704. The zero-order valence-electron chi connectivity index (χ0n) is 15.4. The number of rotatable bonds is 4. The van der Waals surface area contributed by atoms with Gasteiger partial charge in [0.15, 0.2) is 0 Å². The van der Waals surface area contributed by atoms with Gasteiger partial charge in [-0.2, -0.15) is 0 Å². The average molecular weight is 418 g/mol. The molecule has 2 amide bonds. The summed E-state index contributed by atoms with van der Waals surface area (Å²) in [7, 11) is 2.07. The lowest BCUT2D eigenvalue weighted by Gasteiger charge is -2.33. The van der Waals surface area contributed by atoms with E-state index in [-0.39, 0.29) is 11.1 Å². The fourth-order valence-corrected chi connectivity index (χ4v) is 4.22. The predicted octanol–water partition coefficient (Wildman–Crippen LogP) is 3.84. The monoisotopic (exact) mass is 417 g/mol. The van der Waals surface area contributed by atoms with Crippen molar-refractivity contribution >= 4 is 40.6 Å². The first-order chi connectivity index (χ1) is 13.5. The van der Waals surface area contributed by atoms with Crippen LogP contribution < -0.4 is 0 Å². The molecule has 0 bridgehead atoms. The van der Waals surface area contributed by atoms with Gasteiger partial charge in [-0.3, -0.25) is 19.4 Å². The molecule has 2 aromatic rings. The second kappa shape index (κ2) is 8.13. The van der Waals surface area contributed by atoms with E-state index in [0.717, 1.165) is 43.5 Å². The number of hydrogen-bond acceptors (Lipinski definition) is 6. The highest BCUT2D eigenvalue weighted by Gasteiger charge is 2.36. The normalized spacial score (nSPS) is 20.5. The van der Waals surface area contributed by atoms with Crippen LogP contribution >= 0.6 is 23.4 Å². The minimum absolute atomic E-state index is 0.243. The molecule has 2 fully saturated rings. The number of imide groups is 1. The molecular formula is C20H20ClN3O3S. The highest BCUT2D eigenvalue weighted by atomic mass is 35.5. The zero-order chi connectivity index (χ0) is 19.7. The number of nitrogens with zero attached hydrogens (tertiary/aromatic N) is 3. The van der Waals surface area contributed by atoms with Crippen molar-refractivity contribution in [3.63, 3.8) is 0 Å². The predicted molar refractivity (Wildman–Crippen MR) is 111 cm³/mol. The summed E-state index contributed by atoms with van der Waals surface area (Å²) in [5.74, 6) is 0.859. The van der Waals surface area contributed by atoms with Crippen molar-refractivity contribution in [2.45, 2.75) is 0 Å². The van der Waals surface area contributed by atoms with Crippen LogP contribution in [0.2, 0.25) is 5.02 Å². The van der Waals surface area contributed by atoms with Gasteiger partial charge in [0.1, 0.15) is 11.5 Å². The van der Waals surface area contributed by atoms with Gasteiger partial charge in [0, 0.05) is 37.8 Å². The molecule has 1 aromatic carbocycles. The summed E-state index contributed by atoms with van der Waals surface area (Å²) < 4.78 is 5.82. The number of halogens is 1. The number of carbonyl (C=O) groups is 2. The summed E-state index contributed by atoms with van der Waals surface area (Å²) in [5, 5.41) is 0.351. The number of carbonyl (C=O) groups excluding carboxylic acids is 2. The zero-order valence-corrected chi connectivity index (χ0v) is 17.0. The fraction of sp³-hybridized carbons (Fsp3) is 0.300. The number of thioether (sulfide) groups is 1. The molecule has 0 aliphatic carbocycles. The van der Waals surface area contributed by atoms with E-state index >= 15 is 0 Å². The summed E-state index contributed by atoms with van der Waals surface area (Å²) in [5.41, 5.74) is 0.784. The second-order valence-electron chi connectivity index (χ2n) is 6.85. The maximum Gasteiger partial charge on any atom is 0.294 e. The molecule has 0 unspecified atom stereocenters. The van der Waals surface area contributed by atoms with Crippen LogP contribution in [-0.4, -0.2) is 65.7 Å². The lowest BCUT2D eigenvalue weighted by atomic mass is 10.2. The van der Waals surface area contributed by atoms with Crippen molar-refractivity contribution in [3.05, 3.63) is 52.1 Å². The number of furan rings is 1. The van der Waals surface area contributed by atoms with Gasteiger partial charge in [-0.05, 0) is 43.1 Å². The molecular weight excluding hydrogens is 398 g/mol. The van der Waals surface area contributed by atoms with Crippen molar-refractivity contribution in [1.29, 1.82) is 0 Å². The molecule has 2 aliphatic rings. The smallest absolute Gasteiger partial charge is 0.294 e. The minimum Gasteiger partial charge on any atom is -0.457 e. The van der Waals surface area contributed by atoms with Gasteiger partial charge in [0.25, 0.3) is 11.1 Å². The van der Waals surface area contributed by atoms with E-state index in [0.29, 0.717) is 28.1 Å². The Balaban J connectivity index is 1.48. The largest absolute Gasteiger partial charge is 0.457 e. The van der Waals surface area contributed by atoms with E-state index < -0.39 is 0 Å². The van der Waals surface area contributed by atoms with Crippen LogP contribution in [0.25, 0.3) is 17.4 Å². The standard InChI is InChI=1S/C20H20ClN3O3S/c1-22-8-10-23(11-9-22)13-24-19(25)18(28-20(24)26)12-14-6-7-17(27-14)15-4-2-3-5-16(15)21/h2-7,12H,8-11,13H2,1H3/b18-12+. The van der Waals surface area contributed by atoms with Gasteiger partial charge in [0.05, 0.1) is 16.6 Å². The van der Waals surface area contributed by atoms with Crippen molar-refractivity contribution in [2.24, 2.45) is 0 Å². The Morgan fingerprint density at radius 3 is 2.61 bits per heavy atom. The summed E-state index contributed by atoms with van der Waals surface area (Å²) in [4.78, 5) is 31.1. The first kappa shape index (κ1) is 19.3. The Kier molecular flexibility index (Phi) is 5.59. The number of hydrogen-bond donors (Lipinski definition) is 0. The number of likely N-dealkylation sites (N-methyl/N-ethyl adjacent to an activating group) is 1. The molecule has 146 valence electrons. The highest BCUT2D eigenvalue weighted by molar-refractivity contribution is 8.18. The Labute approximate surface area is 172 Å². The maximum absolute atomic E-state index is 12.7. The third-order valence-corrected chi connectivity index (χ3v) is 6.09.